The Morgan fingerprint density at radius 3 is 2.69 bits per heavy atom. The molecule has 1 aliphatic rings. The van der Waals surface area contributed by atoms with Gasteiger partial charge in [0.25, 0.3) is 10.0 Å². The predicted octanol–water partition coefficient (Wildman–Crippen LogP) is 4.02. The van der Waals surface area contributed by atoms with Gasteiger partial charge in [0.15, 0.2) is 5.13 Å². The van der Waals surface area contributed by atoms with Crippen molar-refractivity contribution in [3.63, 3.8) is 0 Å². The number of aliphatic hydroxyl groups is 1. The first-order chi connectivity index (χ1) is 17.5. The lowest BCUT2D eigenvalue weighted by molar-refractivity contribution is 0.146. The molecule has 0 amide bonds. The summed E-state index contributed by atoms with van der Waals surface area (Å²) < 4.78 is 33.8. The number of aryl methyl sites for hydroxylation is 1. The van der Waals surface area contributed by atoms with Gasteiger partial charge in [0, 0.05) is 42.6 Å². The van der Waals surface area contributed by atoms with Gasteiger partial charge in [0.1, 0.15) is 11.9 Å². The summed E-state index contributed by atoms with van der Waals surface area (Å²) in [5.74, 6) is 0.858. The minimum absolute atomic E-state index is 0.0271. The molecular weight excluding hydrogens is 496 g/mol. The summed E-state index contributed by atoms with van der Waals surface area (Å²) in [6, 6.07) is 16.5. The van der Waals surface area contributed by atoms with Gasteiger partial charge >= 0.3 is 0 Å². The first kappa shape index (κ1) is 24.4. The van der Waals surface area contributed by atoms with Crippen molar-refractivity contribution in [3.05, 3.63) is 89.7 Å². The van der Waals surface area contributed by atoms with Crippen molar-refractivity contribution < 1.29 is 18.3 Å². The van der Waals surface area contributed by atoms with Crippen LogP contribution in [0.5, 0.6) is 5.75 Å². The fourth-order valence-electron chi connectivity index (χ4n) is 4.11. The van der Waals surface area contributed by atoms with Crippen LogP contribution >= 0.6 is 11.3 Å². The van der Waals surface area contributed by atoms with E-state index in [0.717, 1.165) is 40.8 Å². The van der Waals surface area contributed by atoms with Crippen LogP contribution in [0.4, 0.5) is 5.13 Å². The highest BCUT2D eigenvalue weighted by Gasteiger charge is 2.21. The molecule has 0 aliphatic carbocycles. The number of ether oxygens (including phenoxy) is 1. The van der Waals surface area contributed by atoms with E-state index in [1.807, 2.05) is 36.4 Å². The molecule has 0 bridgehead atoms. The minimum Gasteiger partial charge on any atom is -0.489 e. The first-order valence-corrected chi connectivity index (χ1v) is 14.0. The summed E-state index contributed by atoms with van der Waals surface area (Å²) in [5, 5.41) is 15.6. The summed E-state index contributed by atoms with van der Waals surface area (Å²) in [6.07, 6.45) is 6.07. The lowest BCUT2D eigenvalue weighted by Gasteiger charge is -2.27. The van der Waals surface area contributed by atoms with E-state index < -0.39 is 16.1 Å². The van der Waals surface area contributed by atoms with Crippen LogP contribution in [-0.2, 0) is 16.4 Å². The number of thiazole rings is 1. The Balaban J connectivity index is 1.18. The van der Waals surface area contributed by atoms with Gasteiger partial charge in [-0.25, -0.2) is 13.4 Å². The monoisotopic (exact) mass is 522 g/mol. The molecule has 0 spiro atoms. The van der Waals surface area contributed by atoms with Gasteiger partial charge in [0.05, 0.1) is 11.0 Å². The summed E-state index contributed by atoms with van der Waals surface area (Å²) in [6.45, 7) is 1.08. The molecule has 36 heavy (non-hydrogen) atoms. The molecule has 8 nitrogen and oxygen atoms in total. The number of pyridine rings is 1. The van der Waals surface area contributed by atoms with Crippen molar-refractivity contribution in [1.82, 2.24) is 15.3 Å². The number of nitrogens with one attached hydrogen (secondary N) is 2. The third-order valence-corrected chi connectivity index (χ3v) is 8.19. The number of aliphatic hydroxyl groups excluding tert-OH is 1. The van der Waals surface area contributed by atoms with Crippen LogP contribution in [0.1, 0.15) is 23.7 Å². The summed E-state index contributed by atoms with van der Waals surface area (Å²) >= 11 is 1.23. The van der Waals surface area contributed by atoms with Crippen molar-refractivity contribution in [1.29, 1.82) is 0 Å². The van der Waals surface area contributed by atoms with E-state index >= 15 is 0 Å². The molecular formula is C26H26N4O4S2. The van der Waals surface area contributed by atoms with Crippen LogP contribution in [0.3, 0.4) is 0 Å². The van der Waals surface area contributed by atoms with Crippen LogP contribution in [0.25, 0.3) is 11.1 Å². The maximum absolute atomic E-state index is 12.6. The zero-order valence-electron chi connectivity index (χ0n) is 19.4. The second kappa shape index (κ2) is 10.8. The van der Waals surface area contributed by atoms with Gasteiger partial charge in [-0.3, -0.25) is 9.71 Å². The molecule has 3 N–H and O–H groups in total. The molecule has 0 saturated heterocycles. The number of aromatic nitrogens is 2. The highest BCUT2D eigenvalue weighted by molar-refractivity contribution is 7.93. The average Bonchev–Trinajstić information content (AvgIpc) is 3.41. The number of hydrogen-bond donors (Lipinski definition) is 3. The molecule has 0 unspecified atom stereocenters. The van der Waals surface area contributed by atoms with Crippen molar-refractivity contribution in [3.8, 4) is 16.9 Å². The number of nitrogens with zero attached hydrogens (tertiary/aromatic N) is 2. The fourth-order valence-corrected chi connectivity index (χ4v) is 5.90. The minimum atomic E-state index is -3.68. The van der Waals surface area contributed by atoms with Crippen molar-refractivity contribution >= 4 is 26.5 Å². The predicted molar refractivity (Wildman–Crippen MR) is 140 cm³/mol. The van der Waals surface area contributed by atoms with Crippen molar-refractivity contribution in [2.45, 2.75) is 29.9 Å². The van der Waals surface area contributed by atoms with Gasteiger partial charge in [0.2, 0.25) is 0 Å². The molecule has 186 valence electrons. The molecule has 2 aromatic heterocycles. The highest BCUT2D eigenvalue weighted by Crippen LogP contribution is 2.32. The molecule has 0 fully saturated rings. The molecule has 2 atom stereocenters. The molecule has 1 aliphatic heterocycles. The standard InChI is InChI=1S/C26H26N4O4S2/c31-24(21-2-1-11-27-15-21)17-28-16-22-7-3-20-14-19(6-10-25(20)34-22)18-4-8-23(9-5-18)36(32,33)30-26-29-12-13-35-26/h1-2,4-6,8-15,22,24,28,31H,3,7,16-17H2,(H,29,30)/t22-,24-/m1/s1. The quantitative estimate of drug-likeness (QED) is 0.304. The molecule has 0 radical (unpaired) electrons. The van der Waals surface area contributed by atoms with Crippen LogP contribution < -0.4 is 14.8 Å². The Labute approximate surface area is 214 Å². The zero-order chi connectivity index (χ0) is 25.0. The van der Waals surface area contributed by atoms with E-state index in [9.17, 15) is 13.5 Å². The second-order valence-corrected chi connectivity index (χ2v) is 11.1. The van der Waals surface area contributed by atoms with Gasteiger partial charge in [-0.15, -0.1) is 11.3 Å². The third-order valence-electron chi connectivity index (χ3n) is 6.02. The summed E-state index contributed by atoms with van der Waals surface area (Å²) in [5.41, 5.74) is 3.85. The van der Waals surface area contributed by atoms with Gasteiger partial charge < -0.3 is 15.2 Å². The Bertz CT molecular complexity index is 1400. The van der Waals surface area contributed by atoms with Crippen LogP contribution in [0.2, 0.25) is 0 Å². The van der Waals surface area contributed by atoms with Crippen molar-refractivity contribution in [2.24, 2.45) is 0 Å². The number of fused-ring (bicyclic) bond motifs is 1. The van der Waals surface area contributed by atoms with E-state index in [1.165, 1.54) is 11.3 Å². The maximum Gasteiger partial charge on any atom is 0.263 e. The lowest BCUT2D eigenvalue weighted by Crippen LogP contribution is -2.36. The number of anilines is 1. The highest BCUT2D eigenvalue weighted by atomic mass is 32.2. The van der Waals surface area contributed by atoms with E-state index in [2.05, 4.69) is 26.1 Å². The first-order valence-electron chi connectivity index (χ1n) is 11.6. The Kier molecular flexibility index (Phi) is 7.28. The number of sulfonamides is 1. The number of benzene rings is 2. The molecule has 2 aromatic carbocycles. The Hall–Kier alpha value is -3.31. The third kappa shape index (κ3) is 5.73. The fraction of sp³-hybridized carbons (Fsp3) is 0.231. The molecule has 0 saturated carbocycles. The normalized spacial score (nSPS) is 16.1. The van der Waals surface area contributed by atoms with Gasteiger partial charge in [-0.05, 0) is 59.9 Å². The molecule has 3 heterocycles. The topological polar surface area (TPSA) is 113 Å². The zero-order valence-corrected chi connectivity index (χ0v) is 21.0. The van der Waals surface area contributed by atoms with E-state index in [0.29, 0.717) is 18.2 Å². The number of hydrogen-bond acceptors (Lipinski definition) is 8. The van der Waals surface area contributed by atoms with Crippen LogP contribution in [0, 0.1) is 0 Å². The maximum atomic E-state index is 12.6. The van der Waals surface area contributed by atoms with Crippen molar-refractivity contribution in [2.75, 3.05) is 17.8 Å². The molecule has 10 heteroatoms. The lowest BCUT2D eigenvalue weighted by atomic mass is 9.97. The van der Waals surface area contributed by atoms with Gasteiger partial charge in [-0.2, -0.15) is 0 Å². The average molecular weight is 523 g/mol. The van der Waals surface area contributed by atoms with E-state index in [4.69, 9.17) is 4.74 Å². The SMILES string of the molecule is O=S(=O)(Nc1nccs1)c1ccc(-c2ccc3c(c2)CC[C@H](CNC[C@@H](O)c2cccnc2)O3)cc1. The van der Waals surface area contributed by atoms with E-state index in [-0.39, 0.29) is 11.0 Å². The Morgan fingerprint density at radius 1 is 1.11 bits per heavy atom. The Morgan fingerprint density at radius 2 is 1.94 bits per heavy atom. The number of rotatable bonds is 9. The summed E-state index contributed by atoms with van der Waals surface area (Å²) in [4.78, 5) is 8.20. The van der Waals surface area contributed by atoms with E-state index in [1.54, 1.807) is 36.1 Å². The van der Waals surface area contributed by atoms with Gasteiger partial charge in [-0.1, -0.05) is 24.3 Å². The molecule has 5 rings (SSSR count). The largest absolute Gasteiger partial charge is 0.489 e. The smallest absolute Gasteiger partial charge is 0.263 e. The van der Waals surface area contributed by atoms with Crippen LogP contribution in [-0.4, -0.2) is 42.7 Å². The summed E-state index contributed by atoms with van der Waals surface area (Å²) in [7, 11) is -3.68. The molecule has 4 aromatic rings. The van der Waals surface area contributed by atoms with Crippen LogP contribution in [0.15, 0.2) is 83.5 Å². The second-order valence-electron chi connectivity index (χ2n) is 8.53.